The molecular formula is C16H33NO5S. The van der Waals surface area contributed by atoms with E-state index in [-0.39, 0.29) is 25.3 Å². The molecule has 0 spiro atoms. The molecule has 0 aromatic heterocycles. The van der Waals surface area contributed by atoms with Gasteiger partial charge < -0.3 is 15.2 Å². The van der Waals surface area contributed by atoms with Crippen LogP contribution in [0.1, 0.15) is 61.3 Å². The first kappa shape index (κ1) is 22.2. The highest BCUT2D eigenvalue weighted by Gasteiger charge is 2.35. The van der Waals surface area contributed by atoms with E-state index in [0.717, 1.165) is 0 Å². The van der Waals surface area contributed by atoms with Crippen LogP contribution < -0.4 is 5.32 Å². The molecule has 0 bridgehead atoms. The number of ether oxygens (including phenoxy) is 1. The van der Waals surface area contributed by atoms with Crippen LogP contribution in [-0.4, -0.2) is 48.9 Å². The van der Waals surface area contributed by atoms with Crippen LogP contribution in [0, 0.1) is 5.41 Å². The van der Waals surface area contributed by atoms with Crippen LogP contribution in [0.3, 0.4) is 0 Å². The van der Waals surface area contributed by atoms with Gasteiger partial charge in [-0.05, 0) is 54.4 Å². The minimum absolute atomic E-state index is 0.0269. The van der Waals surface area contributed by atoms with Crippen LogP contribution in [0.5, 0.6) is 0 Å². The lowest BCUT2D eigenvalue weighted by Crippen LogP contribution is -2.43. The number of nitrogens with one attached hydrogen (secondary N) is 1. The molecule has 138 valence electrons. The second kappa shape index (κ2) is 7.83. The maximum Gasteiger partial charge on any atom is 0.407 e. The summed E-state index contributed by atoms with van der Waals surface area (Å²) in [4.78, 5) is 11.8. The van der Waals surface area contributed by atoms with E-state index >= 15 is 0 Å². The number of rotatable bonds is 7. The molecule has 0 heterocycles. The predicted octanol–water partition coefficient (Wildman–Crippen LogP) is 2.50. The lowest BCUT2D eigenvalue weighted by Gasteiger charge is -2.32. The molecule has 7 heteroatoms. The van der Waals surface area contributed by atoms with E-state index < -0.39 is 31.7 Å². The number of carbonyl (C=O) groups excluding carboxylic acids is 1. The lowest BCUT2D eigenvalue weighted by atomic mass is 9.83. The summed E-state index contributed by atoms with van der Waals surface area (Å²) in [5.74, 6) is -0.0269. The molecule has 0 aromatic carbocycles. The fraction of sp³-hybridized carbons (Fsp3) is 0.938. The first-order valence-corrected chi connectivity index (χ1v) is 9.63. The van der Waals surface area contributed by atoms with Gasteiger partial charge in [0.15, 0.2) is 9.84 Å². The number of amides is 1. The fourth-order valence-electron chi connectivity index (χ4n) is 1.87. The van der Waals surface area contributed by atoms with Crippen molar-refractivity contribution in [1.29, 1.82) is 0 Å². The standard InChI is InChI=1S/C16H33NO5S/c1-8-16(12-18,9-10-23(20,21)15(5,6)7)11-17-13(19)22-14(2,3)4/h18H,8-12H2,1-7H3,(H,17,19). The Morgan fingerprint density at radius 1 is 1.13 bits per heavy atom. The van der Waals surface area contributed by atoms with E-state index in [1.54, 1.807) is 41.5 Å². The largest absolute Gasteiger partial charge is 0.444 e. The molecule has 0 aliphatic carbocycles. The number of carbonyl (C=O) groups is 1. The number of alkyl carbamates (subject to hydrolysis) is 1. The van der Waals surface area contributed by atoms with Gasteiger partial charge in [-0.25, -0.2) is 13.2 Å². The second-order valence-corrected chi connectivity index (χ2v) is 10.9. The Balaban J connectivity index is 4.86. The van der Waals surface area contributed by atoms with Gasteiger partial charge in [0, 0.05) is 12.0 Å². The topological polar surface area (TPSA) is 92.7 Å². The molecule has 0 saturated carbocycles. The molecule has 1 amide bonds. The van der Waals surface area contributed by atoms with Crippen molar-refractivity contribution in [2.45, 2.75) is 71.7 Å². The quantitative estimate of drug-likeness (QED) is 0.735. The van der Waals surface area contributed by atoms with Crippen LogP contribution in [-0.2, 0) is 14.6 Å². The number of aliphatic hydroxyl groups excluding tert-OH is 1. The predicted molar refractivity (Wildman–Crippen MR) is 92.2 cm³/mol. The first-order valence-electron chi connectivity index (χ1n) is 7.98. The molecule has 0 aromatic rings. The summed E-state index contributed by atoms with van der Waals surface area (Å²) < 4.78 is 28.9. The molecule has 0 saturated heterocycles. The molecule has 6 nitrogen and oxygen atoms in total. The summed E-state index contributed by atoms with van der Waals surface area (Å²) in [5.41, 5.74) is -1.27. The van der Waals surface area contributed by atoms with Crippen molar-refractivity contribution in [1.82, 2.24) is 5.32 Å². The van der Waals surface area contributed by atoms with Gasteiger partial charge in [-0.15, -0.1) is 0 Å². The van der Waals surface area contributed by atoms with Crippen molar-refractivity contribution < 1.29 is 23.1 Å². The third-order valence-corrected chi connectivity index (χ3v) is 6.53. The Bertz CT molecular complexity index is 482. The minimum atomic E-state index is -3.27. The molecular weight excluding hydrogens is 318 g/mol. The van der Waals surface area contributed by atoms with Gasteiger partial charge in [0.2, 0.25) is 0 Å². The first-order chi connectivity index (χ1) is 10.2. The molecule has 23 heavy (non-hydrogen) atoms. The Kier molecular flexibility index (Phi) is 7.56. The zero-order valence-electron chi connectivity index (χ0n) is 15.5. The zero-order chi connectivity index (χ0) is 18.5. The Hall–Kier alpha value is -0.820. The van der Waals surface area contributed by atoms with Gasteiger partial charge in [-0.2, -0.15) is 0 Å². The molecule has 1 unspecified atom stereocenters. The maximum atomic E-state index is 12.3. The smallest absolute Gasteiger partial charge is 0.407 e. The Labute approximate surface area is 140 Å². The summed E-state index contributed by atoms with van der Waals surface area (Å²) in [5, 5.41) is 12.4. The summed E-state index contributed by atoms with van der Waals surface area (Å²) in [7, 11) is -3.27. The van der Waals surface area contributed by atoms with Crippen LogP contribution in [0.15, 0.2) is 0 Å². The van der Waals surface area contributed by atoms with Crippen molar-refractivity contribution in [3.8, 4) is 0 Å². The number of hydrogen-bond donors (Lipinski definition) is 2. The second-order valence-electron chi connectivity index (χ2n) is 8.05. The van der Waals surface area contributed by atoms with E-state index in [1.165, 1.54) is 0 Å². The molecule has 0 fully saturated rings. The van der Waals surface area contributed by atoms with Crippen molar-refractivity contribution in [2.75, 3.05) is 18.9 Å². The van der Waals surface area contributed by atoms with Gasteiger partial charge in [-0.3, -0.25) is 0 Å². The van der Waals surface area contributed by atoms with Crippen LogP contribution in [0.2, 0.25) is 0 Å². The van der Waals surface area contributed by atoms with E-state index in [2.05, 4.69) is 5.32 Å². The molecule has 0 rings (SSSR count). The summed E-state index contributed by atoms with van der Waals surface area (Å²) in [6.07, 6.45) is 0.274. The Morgan fingerprint density at radius 3 is 2.00 bits per heavy atom. The minimum Gasteiger partial charge on any atom is -0.444 e. The number of aliphatic hydroxyl groups is 1. The van der Waals surface area contributed by atoms with Crippen molar-refractivity contribution in [2.24, 2.45) is 5.41 Å². The molecule has 2 N–H and O–H groups in total. The van der Waals surface area contributed by atoms with Gasteiger partial charge >= 0.3 is 6.09 Å². The van der Waals surface area contributed by atoms with E-state index in [0.29, 0.717) is 6.42 Å². The molecule has 1 atom stereocenters. The monoisotopic (exact) mass is 351 g/mol. The average molecular weight is 352 g/mol. The van der Waals surface area contributed by atoms with Crippen LogP contribution >= 0.6 is 0 Å². The SMILES string of the molecule is CCC(CO)(CCS(=O)(=O)C(C)(C)C)CNC(=O)OC(C)(C)C. The molecule has 0 aliphatic rings. The van der Waals surface area contributed by atoms with Crippen LogP contribution in [0.25, 0.3) is 0 Å². The normalized spacial score (nSPS) is 15.8. The van der Waals surface area contributed by atoms with E-state index in [4.69, 9.17) is 4.74 Å². The van der Waals surface area contributed by atoms with E-state index in [9.17, 15) is 18.3 Å². The van der Waals surface area contributed by atoms with Crippen LogP contribution in [0.4, 0.5) is 4.79 Å². The summed E-state index contributed by atoms with van der Waals surface area (Å²) in [6.45, 7) is 12.1. The average Bonchev–Trinajstić information content (AvgIpc) is 2.36. The van der Waals surface area contributed by atoms with Gasteiger partial charge in [0.05, 0.1) is 17.1 Å². The lowest BCUT2D eigenvalue weighted by molar-refractivity contribution is 0.0458. The van der Waals surface area contributed by atoms with Crippen molar-refractivity contribution >= 4 is 15.9 Å². The number of sulfone groups is 1. The van der Waals surface area contributed by atoms with Crippen molar-refractivity contribution in [3.63, 3.8) is 0 Å². The van der Waals surface area contributed by atoms with E-state index in [1.807, 2.05) is 6.92 Å². The molecule has 0 radical (unpaired) electrons. The molecule has 0 aliphatic heterocycles. The summed E-state index contributed by atoms with van der Waals surface area (Å²) in [6, 6.07) is 0. The highest BCUT2D eigenvalue weighted by molar-refractivity contribution is 7.92. The van der Waals surface area contributed by atoms with Crippen molar-refractivity contribution in [3.05, 3.63) is 0 Å². The number of hydrogen-bond acceptors (Lipinski definition) is 5. The third kappa shape index (κ3) is 7.52. The maximum absolute atomic E-state index is 12.3. The highest BCUT2D eigenvalue weighted by Crippen LogP contribution is 2.28. The summed E-state index contributed by atoms with van der Waals surface area (Å²) >= 11 is 0. The zero-order valence-corrected chi connectivity index (χ0v) is 16.3. The van der Waals surface area contributed by atoms with Gasteiger partial charge in [0.1, 0.15) is 5.60 Å². The van der Waals surface area contributed by atoms with Gasteiger partial charge in [0.25, 0.3) is 0 Å². The fourth-order valence-corrected chi connectivity index (χ4v) is 3.18. The Morgan fingerprint density at radius 2 is 1.65 bits per heavy atom. The third-order valence-electron chi connectivity index (χ3n) is 3.93. The van der Waals surface area contributed by atoms with Gasteiger partial charge in [-0.1, -0.05) is 6.92 Å². The highest BCUT2D eigenvalue weighted by atomic mass is 32.2.